The summed E-state index contributed by atoms with van der Waals surface area (Å²) in [5.41, 5.74) is -1.33. The summed E-state index contributed by atoms with van der Waals surface area (Å²) in [7, 11) is 1.57. The molecule has 0 aromatic carbocycles. The lowest BCUT2D eigenvalue weighted by molar-refractivity contribution is -0.0647. The molecular formula is C10H19NO4. The number of amides is 1. The number of methoxy groups -OCH3 is 1. The highest BCUT2D eigenvalue weighted by atomic mass is 16.6. The van der Waals surface area contributed by atoms with Gasteiger partial charge < -0.3 is 14.6 Å². The number of ether oxygens (including phenoxy) is 2. The molecule has 0 aromatic heterocycles. The number of carbonyl (C=O) groups is 1. The van der Waals surface area contributed by atoms with E-state index < -0.39 is 17.4 Å². The molecule has 88 valence electrons. The molecule has 0 radical (unpaired) electrons. The molecule has 1 fully saturated rings. The average Bonchev–Trinajstić information content (AvgIpc) is 2.41. The Morgan fingerprint density at radius 3 is 2.53 bits per heavy atom. The van der Waals surface area contributed by atoms with Gasteiger partial charge in [-0.25, -0.2) is 4.79 Å². The molecule has 5 heteroatoms. The third kappa shape index (κ3) is 2.08. The Morgan fingerprint density at radius 1 is 1.60 bits per heavy atom. The van der Waals surface area contributed by atoms with Crippen LogP contribution in [0.15, 0.2) is 0 Å². The van der Waals surface area contributed by atoms with Crippen LogP contribution in [-0.2, 0) is 9.47 Å². The van der Waals surface area contributed by atoms with E-state index in [9.17, 15) is 4.79 Å². The van der Waals surface area contributed by atoms with Gasteiger partial charge >= 0.3 is 6.09 Å². The molecule has 0 bridgehead atoms. The van der Waals surface area contributed by atoms with Crippen LogP contribution in [0.3, 0.4) is 0 Å². The molecule has 15 heavy (non-hydrogen) atoms. The zero-order chi connectivity index (χ0) is 11.9. The van der Waals surface area contributed by atoms with E-state index in [0.717, 1.165) is 0 Å². The first kappa shape index (κ1) is 12.3. The van der Waals surface area contributed by atoms with E-state index >= 15 is 0 Å². The van der Waals surface area contributed by atoms with Crippen molar-refractivity contribution in [1.29, 1.82) is 0 Å². The van der Waals surface area contributed by atoms with Crippen LogP contribution >= 0.6 is 0 Å². The van der Waals surface area contributed by atoms with E-state index in [-0.39, 0.29) is 6.04 Å². The number of rotatable bonds is 2. The van der Waals surface area contributed by atoms with Gasteiger partial charge in [0.25, 0.3) is 0 Å². The molecule has 1 saturated heterocycles. The van der Waals surface area contributed by atoms with Crippen molar-refractivity contribution >= 4 is 6.09 Å². The number of nitrogens with zero attached hydrogens (tertiary/aromatic N) is 1. The van der Waals surface area contributed by atoms with E-state index in [1.54, 1.807) is 21.0 Å². The van der Waals surface area contributed by atoms with Gasteiger partial charge in [0.1, 0.15) is 5.72 Å². The molecule has 1 aliphatic heterocycles. The maximum absolute atomic E-state index is 11.2. The first-order valence-electron chi connectivity index (χ1n) is 4.94. The molecular weight excluding hydrogens is 198 g/mol. The first-order valence-corrected chi connectivity index (χ1v) is 4.94. The van der Waals surface area contributed by atoms with Crippen LogP contribution in [0.2, 0.25) is 0 Å². The molecule has 5 nitrogen and oxygen atoms in total. The van der Waals surface area contributed by atoms with Gasteiger partial charge in [0.05, 0.1) is 18.2 Å². The standard InChI is InChI=1S/C10H19NO4/c1-9(2,14-5)7-6-15-10(3,4)11(7)8(12)13/h7H,6H2,1-5H3,(H,12,13). The van der Waals surface area contributed by atoms with Gasteiger partial charge in [0, 0.05) is 7.11 Å². The summed E-state index contributed by atoms with van der Waals surface area (Å²) < 4.78 is 10.8. The maximum atomic E-state index is 11.2. The summed E-state index contributed by atoms with van der Waals surface area (Å²) in [6.07, 6.45) is -0.979. The zero-order valence-corrected chi connectivity index (χ0v) is 9.90. The lowest BCUT2D eigenvalue weighted by Crippen LogP contribution is -2.55. The molecule has 1 heterocycles. The Kier molecular flexibility index (Phi) is 2.98. The van der Waals surface area contributed by atoms with Gasteiger partial charge in [0.15, 0.2) is 0 Å². The van der Waals surface area contributed by atoms with Crippen LogP contribution in [0.5, 0.6) is 0 Å². The van der Waals surface area contributed by atoms with Crippen molar-refractivity contribution in [3.8, 4) is 0 Å². The largest absolute Gasteiger partial charge is 0.465 e. The Bertz CT molecular complexity index is 262. The maximum Gasteiger partial charge on any atom is 0.410 e. The van der Waals surface area contributed by atoms with Crippen molar-refractivity contribution in [2.24, 2.45) is 0 Å². The van der Waals surface area contributed by atoms with Crippen molar-refractivity contribution in [2.45, 2.75) is 45.1 Å². The number of hydrogen-bond acceptors (Lipinski definition) is 3. The fourth-order valence-electron chi connectivity index (χ4n) is 1.81. The average molecular weight is 217 g/mol. The molecule has 0 spiro atoms. The topological polar surface area (TPSA) is 59.0 Å². The van der Waals surface area contributed by atoms with Crippen molar-refractivity contribution in [3.05, 3.63) is 0 Å². The zero-order valence-electron chi connectivity index (χ0n) is 9.90. The van der Waals surface area contributed by atoms with E-state index in [4.69, 9.17) is 14.6 Å². The van der Waals surface area contributed by atoms with Gasteiger partial charge in [-0.05, 0) is 27.7 Å². The third-order valence-corrected chi connectivity index (χ3v) is 3.02. The monoisotopic (exact) mass is 217 g/mol. The minimum atomic E-state index is -0.979. The van der Waals surface area contributed by atoms with E-state index in [0.29, 0.717) is 6.61 Å². The Balaban J connectivity index is 2.97. The van der Waals surface area contributed by atoms with E-state index in [1.165, 1.54) is 4.90 Å². The second-order valence-corrected chi connectivity index (χ2v) is 4.73. The van der Waals surface area contributed by atoms with Crippen LogP contribution in [0, 0.1) is 0 Å². The molecule has 0 aliphatic carbocycles. The molecule has 0 saturated carbocycles. The summed E-state index contributed by atoms with van der Waals surface area (Å²) in [5.74, 6) is 0. The minimum Gasteiger partial charge on any atom is -0.465 e. The van der Waals surface area contributed by atoms with E-state index in [2.05, 4.69) is 0 Å². The summed E-state index contributed by atoms with van der Waals surface area (Å²) in [4.78, 5) is 12.5. The number of hydrogen-bond donors (Lipinski definition) is 1. The Labute approximate surface area is 90.0 Å². The van der Waals surface area contributed by atoms with Crippen LogP contribution < -0.4 is 0 Å². The summed E-state index contributed by atoms with van der Waals surface area (Å²) in [5, 5.41) is 9.17. The summed E-state index contributed by atoms with van der Waals surface area (Å²) in [6.45, 7) is 7.57. The Morgan fingerprint density at radius 2 is 2.13 bits per heavy atom. The normalized spacial score (nSPS) is 25.7. The summed E-state index contributed by atoms with van der Waals surface area (Å²) >= 11 is 0. The highest BCUT2D eigenvalue weighted by Gasteiger charge is 2.50. The highest BCUT2D eigenvalue weighted by Crippen LogP contribution is 2.33. The molecule has 1 atom stereocenters. The quantitative estimate of drug-likeness (QED) is 0.762. The molecule has 1 unspecified atom stereocenters. The van der Waals surface area contributed by atoms with Gasteiger partial charge in [-0.15, -0.1) is 0 Å². The van der Waals surface area contributed by atoms with E-state index in [1.807, 2.05) is 13.8 Å². The molecule has 1 aliphatic rings. The molecule has 1 N–H and O–H groups in total. The fourth-order valence-corrected chi connectivity index (χ4v) is 1.81. The second kappa shape index (κ2) is 3.64. The lowest BCUT2D eigenvalue weighted by Gasteiger charge is -2.38. The third-order valence-electron chi connectivity index (χ3n) is 3.02. The smallest absolute Gasteiger partial charge is 0.410 e. The van der Waals surface area contributed by atoms with Crippen molar-refractivity contribution in [1.82, 2.24) is 4.90 Å². The summed E-state index contributed by atoms with van der Waals surface area (Å²) in [6, 6.07) is -0.282. The predicted octanol–water partition coefficient (Wildman–Crippen LogP) is 1.53. The lowest BCUT2D eigenvalue weighted by atomic mass is 9.98. The first-order chi connectivity index (χ1) is 6.72. The van der Waals surface area contributed by atoms with Crippen molar-refractivity contribution in [2.75, 3.05) is 13.7 Å². The Hall–Kier alpha value is -0.810. The molecule has 1 rings (SSSR count). The van der Waals surface area contributed by atoms with Crippen molar-refractivity contribution in [3.63, 3.8) is 0 Å². The predicted molar refractivity (Wildman–Crippen MR) is 54.8 cm³/mol. The van der Waals surface area contributed by atoms with Crippen LogP contribution in [0.25, 0.3) is 0 Å². The van der Waals surface area contributed by atoms with Gasteiger partial charge in [0.2, 0.25) is 0 Å². The van der Waals surface area contributed by atoms with Gasteiger partial charge in [-0.2, -0.15) is 0 Å². The van der Waals surface area contributed by atoms with Gasteiger partial charge in [-0.3, -0.25) is 4.90 Å². The fraction of sp³-hybridized carbons (Fsp3) is 0.900. The van der Waals surface area contributed by atoms with Crippen LogP contribution in [0.4, 0.5) is 4.79 Å². The molecule has 1 amide bonds. The second-order valence-electron chi connectivity index (χ2n) is 4.73. The molecule has 0 aromatic rings. The van der Waals surface area contributed by atoms with Crippen LogP contribution in [-0.4, -0.2) is 47.2 Å². The van der Waals surface area contributed by atoms with Crippen LogP contribution in [0.1, 0.15) is 27.7 Å². The minimum absolute atomic E-state index is 0.282. The SMILES string of the molecule is COC(C)(C)C1COC(C)(C)N1C(=O)O. The number of carboxylic acid groups (broad SMARTS) is 1. The highest BCUT2D eigenvalue weighted by molar-refractivity contribution is 5.67. The van der Waals surface area contributed by atoms with Gasteiger partial charge in [-0.1, -0.05) is 0 Å². The van der Waals surface area contributed by atoms with Crippen molar-refractivity contribution < 1.29 is 19.4 Å².